The fourth-order valence-electron chi connectivity index (χ4n) is 2.19. The Bertz CT molecular complexity index is 648. The van der Waals surface area contributed by atoms with Crippen LogP contribution < -0.4 is 15.2 Å². The molecule has 0 saturated carbocycles. The number of nitrogens with two attached hydrogens (primary N) is 1. The highest BCUT2D eigenvalue weighted by Gasteiger charge is 2.18. The third-order valence-electron chi connectivity index (χ3n) is 3.22. The Balaban J connectivity index is 1.97. The molecule has 2 aromatic carbocycles. The molecule has 0 amide bonds. The molecule has 2 N–H and O–H groups in total. The largest absolute Gasteiger partial charge is 0.486 e. The molecule has 3 rings (SSSR count). The summed E-state index contributed by atoms with van der Waals surface area (Å²) >= 11 is 5.90. The molecule has 1 heterocycles. The second kappa shape index (κ2) is 5.31. The van der Waals surface area contributed by atoms with Gasteiger partial charge < -0.3 is 15.2 Å². The van der Waals surface area contributed by atoms with Crippen molar-refractivity contribution in [2.24, 2.45) is 5.73 Å². The monoisotopic (exact) mass is 293 g/mol. The minimum Gasteiger partial charge on any atom is -0.486 e. The molecule has 0 aromatic heterocycles. The number of halogens is 2. The van der Waals surface area contributed by atoms with E-state index in [2.05, 4.69) is 0 Å². The Morgan fingerprint density at radius 2 is 1.80 bits per heavy atom. The molecule has 0 radical (unpaired) electrons. The van der Waals surface area contributed by atoms with Gasteiger partial charge in [-0.3, -0.25) is 0 Å². The normalized spacial score (nSPS) is 14.9. The summed E-state index contributed by atoms with van der Waals surface area (Å²) in [4.78, 5) is 0. The summed E-state index contributed by atoms with van der Waals surface area (Å²) in [5.41, 5.74) is 7.23. The summed E-state index contributed by atoms with van der Waals surface area (Å²) in [6.07, 6.45) is 0. The van der Waals surface area contributed by atoms with Gasteiger partial charge in [0, 0.05) is 10.6 Å². The predicted molar refractivity (Wildman–Crippen MR) is 74.9 cm³/mol. The zero-order chi connectivity index (χ0) is 14.1. The summed E-state index contributed by atoms with van der Waals surface area (Å²) in [6.45, 7) is 1.03. The second-order valence-electron chi connectivity index (χ2n) is 4.55. The number of hydrogen-bond donors (Lipinski definition) is 1. The van der Waals surface area contributed by atoms with Crippen LogP contribution in [0.3, 0.4) is 0 Å². The molecular formula is C15H13ClFNO2. The van der Waals surface area contributed by atoms with E-state index in [1.807, 2.05) is 0 Å². The highest BCUT2D eigenvalue weighted by atomic mass is 35.5. The van der Waals surface area contributed by atoms with E-state index in [4.69, 9.17) is 26.8 Å². The summed E-state index contributed by atoms with van der Waals surface area (Å²) in [5.74, 6) is 0.933. The zero-order valence-corrected chi connectivity index (χ0v) is 11.4. The van der Waals surface area contributed by atoms with Gasteiger partial charge in [-0.2, -0.15) is 0 Å². The van der Waals surface area contributed by atoms with Gasteiger partial charge in [0.2, 0.25) is 0 Å². The molecule has 5 heteroatoms. The molecule has 0 spiro atoms. The lowest BCUT2D eigenvalue weighted by Crippen LogP contribution is -2.17. The van der Waals surface area contributed by atoms with E-state index in [1.54, 1.807) is 24.3 Å². The van der Waals surface area contributed by atoms with E-state index in [0.717, 1.165) is 5.56 Å². The number of fused-ring (bicyclic) bond motifs is 1. The average Bonchev–Trinajstić information content (AvgIpc) is 2.48. The molecule has 1 unspecified atom stereocenters. The van der Waals surface area contributed by atoms with Gasteiger partial charge in [0.15, 0.2) is 11.5 Å². The number of benzene rings is 2. The molecule has 20 heavy (non-hydrogen) atoms. The van der Waals surface area contributed by atoms with Crippen LogP contribution in [0.5, 0.6) is 11.5 Å². The lowest BCUT2D eigenvalue weighted by molar-refractivity contribution is 0.171. The van der Waals surface area contributed by atoms with Crippen molar-refractivity contribution in [3.63, 3.8) is 0 Å². The molecule has 1 atom stereocenters. The van der Waals surface area contributed by atoms with Crippen LogP contribution in [0.4, 0.5) is 4.39 Å². The number of ether oxygens (including phenoxy) is 2. The fourth-order valence-corrected chi connectivity index (χ4v) is 2.37. The minimum absolute atomic E-state index is 0.356. The van der Waals surface area contributed by atoms with Crippen LogP contribution >= 0.6 is 11.6 Å². The van der Waals surface area contributed by atoms with Crippen LogP contribution in [-0.4, -0.2) is 13.2 Å². The summed E-state index contributed by atoms with van der Waals surface area (Å²) in [5, 5.41) is 0.453. The van der Waals surface area contributed by atoms with Crippen molar-refractivity contribution in [1.82, 2.24) is 0 Å². The minimum atomic E-state index is -0.607. The second-order valence-corrected chi connectivity index (χ2v) is 4.98. The van der Waals surface area contributed by atoms with E-state index in [9.17, 15) is 4.39 Å². The zero-order valence-electron chi connectivity index (χ0n) is 10.6. The molecule has 0 fully saturated rings. The van der Waals surface area contributed by atoms with Gasteiger partial charge in [0.25, 0.3) is 0 Å². The van der Waals surface area contributed by atoms with Crippen LogP contribution in [0.15, 0.2) is 36.4 Å². The molecule has 2 aromatic rings. The third-order valence-corrected chi connectivity index (χ3v) is 3.45. The molecule has 1 aliphatic heterocycles. The highest BCUT2D eigenvalue weighted by molar-refractivity contribution is 6.30. The van der Waals surface area contributed by atoms with Crippen LogP contribution in [-0.2, 0) is 0 Å². The Hall–Kier alpha value is -1.78. The fraction of sp³-hybridized carbons (Fsp3) is 0.200. The summed E-state index contributed by atoms with van der Waals surface area (Å²) in [6, 6.07) is 9.11. The van der Waals surface area contributed by atoms with Crippen molar-refractivity contribution in [2.45, 2.75) is 6.04 Å². The van der Waals surface area contributed by atoms with Crippen molar-refractivity contribution in [3.8, 4) is 11.5 Å². The lowest BCUT2D eigenvalue weighted by Gasteiger charge is -2.21. The summed E-state index contributed by atoms with van der Waals surface area (Å²) < 4.78 is 24.8. The maximum Gasteiger partial charge on any atom is 0.161 e. The van der Waals surface area contributed by atoms with Gasteiger partial charge in [-0.05, 0) is 35.9 Å². The van der Waals surface area contributed by atoms with E-state index in [0.29, 0.717) is 35.3 Å². The van der Waals surface area contributed by atoms with E-state index in [1.165, 1.54) is 12.1 Å². The maximum absolute atomic E-state index is 13.9. The first-order valence-corrected chi connectivity index (χ1v) is 6.63. The number of rotatable bonds is 2. The topological polar surface area (TPSA) is 44.5 Å². The highest BCUT2D eigenvalue weighted by Crippen LogP contribution is 2.34. The van der Waals surface area contributed by atoms with Gasteiger partial charge in [-0.1, -0.05) is 17.7 Å². The lowest BCUT2D eigenvalue weighted by atomic mass is 9.98. The van der Waals surface area contributed by atoms with Crippen molar-refractivity contribution in [3.05, 3.63) is 58.4 Å². The van der Waals surface area contributed by atoms with E-state index < -0.39 is 6.04 Å². The van der Waals surface area contributed by atoms with Crippen LogP contribution in [0, 0.1) is 5.82 Å². The Morgan fingerprint density at radius 1 is 1.05 bits per heavy atom. The van der Waals surface area contributed by atoms with Gasteiger partial charge >= 0.3 is 0 Å². The molecule has 1 aliphatic rings. The molecule has 0 aliphatic carbocycles. The first kappa shape index (κ1) is 13.2. The summed E-state index contributed by atoms with van der Waals surface area (Å²) in [7, 11) is 0. The van der Waals surface area contributed by atoms with Crippen LogP contribution in [0.2, 0.25) is 5.02 Å². The Kier molecular flexibility index (Phi) is 3.51. The van der Waals surface area contributed by atoms with E-state index in [-0.39, 0.29) is 5.82 Å². The predicted octanol–water partition coefficient (Wildman–Crippen LogP) is 3.30. The van der Waals surface area contributed by atoms with Crippen molar-refractivity contribution in [1.29, 1.82) is 0 Å². The average molecular weight is 294 g/mol. The Morgan fingerprint density at radius 3 is 2.60 bits per heavy atom. The molecule has 3 nitrogen and oxygen atoms in total. The van der Waals surface area contributed by atoms with E-state index >= 15 is 0 Å². The smallest absolute Gasteiger partial charge is 0.161 e. The standard InChI is InChI=1S/C15H13ClFNO2/c16-10-2-3-12(17)11(8-10)15(18)9-1-4-13-14(7-9)20-6-5-19-13/h1-4,7-8,15H,5-6,18H2. The van der Waals surface area contributed by atoms with Crippen LogP contribution in [0.25, 0.3) is 0 Å². The first-order chi connectivity index (χ1) is 9.65. The molecule has 0 saturated heterocycles. The quantitative estimate of drug-likeness (QED) is 0.924. The molecular weight excluding hydrogens is 281 g/mol. The molecule has 104 valence electrons. The number of hydrogen-bond acceptors (Lipinski definition) is 3. The third kappa shape index (κ3) is 2.44. The van der Waals surface area contributed by atoms with Gasteiger partial charge in [0.1, 0.15) is 19.0 Å². The van der Waals surface area contributed by atoms with Crippen molar-refractivity contribution >= 4 is 11.6 Å². The SMILES string of the molecule is NC(c1ccc2c(c1)OCCO2)c1cc(Cl)ccc1F. The van der Waals surface area contributed by atoms with Crippen molar-refractivity contribution in [2.75, 3.05) is 13.2 Å². The molecule has 0 bridgehead atoms. The van der Waals surface area contributed by atoms with Gasteiger partial charge in [0.05, 0.1) is 6.04 Å². The van der Waals surface area contributed by atoms with Crippen LogP contribution in [0.1, 0.15) is 17.2 Å². The van der Waals surface area contributed by atoms with Gasteiger partial charge in [-0.15, -0.1) is 0 Å². The first-order valence-electron chi connectivity index (χ1n) is 6.25. The Labute approximate surface area is 121 Å². The van der Waals surface area contributed by atoms with Crippen molar-refractivity contribution < 1.29 is 13.9 Å². The maximum atomic E-state index is 13.9. The van der Waals surface area contributed by atoms with Gasteiger partial charge in [-0.25, -0.2) is 4.39 Å².